The lowest BCUT2D eigenvalue weighted by Crippen LogP contribution is -2.43. The molecule has 0 saturated heterocycles. The first-order chi connectivity index (χ1) is 4.72. The van der Waals surface area contributed by atoms with Gasteiger partial charge in [0.2, 0.25) is 5.91 Å². The molecule has 0 fully saturated rings. The molecule has 0 rings (SSSR count). The van der Waals surface area contributed by atoms with Crippen LogP contribution in [0.5, 0.6) is 0 Å². The summed E-state index contributed by atoms with van der Waals surface area (Å²) in [4.78, 5) is 10.7. The number of carbonyl (C=O) groups excluding carboxylic acids is 1. The maximum absolute atomic E-state index is 10.7. The van der Waals surface area contributed by atoms with Gasteiger partial charge in [-0.1, -0.05) is 0 Å². The molecule has 5 heteroatoms. The number of rotatable bonds is 4. The number of thiol groups is 1. The molecule has 60 valence electrons. The monoisotopic (exact) mass is 164 g/mol. The van der Waals surface area contributed by atoms with Crippen molar-refractivity contribution in [3.05, 3.63) is 0 Å². The SMILES string of the molecule is NC(CO)C(=O)NCCS. The van der Waals surface area contributed by atoms with Crippen LogP contribution >= 0.6 is 12.6 Å². The molecule has 10 heavy (non-hydrogen) atoms. The Labute approximate surface area is 65.2 Å². The van der Waals surface area contributed by atoms with Gasteiger partial charge < -0.3 is 16.2 Å². The van der Waals surface area contributed by atoms with Crippen molar-refractivity contribution in [2.24, 2.45) is 5.73 Å². The number of hydrogen-bond donors (Lipinski definition) is 4. The second-order valence-electron chi connectivity index (χ2n) is 1.80. The van der Waals surface area contributed by atoms with Gasteiger partial charge in [-0.3, -0.25) is 4.79 Å². The second-order valence-corrected chi connectivity index (χ2v) is 2.25. The van der Waals surface area contributed by atoms with E-state index in [0.717, 1.165) is 0 Å². The van der Waals surface area contributed by atoms with Crippen LogP contribution in [0.3, 0.4) is 0 Å². The first kappa shape index (κ1) is 9.74. The molecule has 0 aromatic rings. The summed E-state index contributed by atoms with van der Waals surface area (Å²) in [7, 11) is 0. The van der Waals surface area contributed by atoms with E-state index in [1.54, 1.807) is 0 Å². The topological polar surface area (TPSA) is 75.3 Å². The van der Waals surface area contributed by atoms with Gasteiger partial charge in [0, 0.05) is 12.3 Å². The molecule has 0 aromatic carbocycles. The van der Waals surface area contributed by atoms with Crippen molar-refractivity contribution in [1.82, 2.24) is 5.32 Å². The van der Waals surface area contributed by atoms with Crippen molar-refractivity contribution in [3.8, 4) is 0 Å². The molecule has 1 unspecified atom stereocenters. The fraction of sp³-hybridized carbons (Fsp3) is 0.800. The van der Waals surface area contributed by atoms with Gasteiger partial charge in [0.25, 0.3) is 0 Å². The molecule has 1 amide bonds. The third-order valence-electron chi connectivity index (χ3n) is 0.945. The summed E-state index contributed by atoms with van der Waals surface area (Å²) in [6.07, 6.45) is 0. The zero-order chi connectivity index (χ0) is 7.98. The predicted molar refractivity (Wildman–Crippen MR) is 41.9 cm³/mol. The molecule has 1 atom stereocenters. The van der Waals surface area contributed by atoms with Gasteiger partial charge in [0.15, 0.2) is 0 Å². The highest BCUT2D eigenvalue weighted by molar-refractivity contribution is 7.80. The van der Waals surface area contributed by atoms with Gasteiger partial charge >= 0.3 is 0 Å². The van der Waals surface area contributed by atoms with E-state index >= 15 is 0 Å². The smallest absolute Gasteiger partial charge is 0.239 e. The molecule has 4 N–H and O–H groups in total. The molecular weight excluding hydrogens is 152 g/mol. The number of amides is 1. The molecule has 0 bridgehead atoms. The third kappa shape index (κ3) is 3.71. The largest absolute Gasteiger partial charge is 0.394 e. The number of aliphatic hydroxyl groups excluding tert-OH is 1. The molecular formula is C5H12N2O2S. The lowest BCUT2D eigenvalue weighted by Gasteiger charge is -2.07. The van der Waals surface area contributed by atoms with Gasteiger partial charge in [-0.05, 0) is 0 Å². The Balaban J connectivity index is 3.42. The normalized spacial score (nSPS) is 12.7. The average Bonchev–Trinajstić information content (AvgIpc) is 1.98. The van der Waals surface area contributed by atoms with Crippen molar-refractivity contribution in [2.45, 2.75) is 6.04 Å². The Morgan fingerprint density at radius 2 is 2.40 bits per heavy atom. The third-order valence-corrected chi connectivity index (χ3v) is 1.17. The van der Waals surface area contributed by atoms with Gasteiger partial charge in [-0.15, -0.1) is 0 Å². The number of nitrogens with one attached hydrogen (secondary N) is 1. The number of carbonyl (C=O) groups is 1. The van der Waals surface area contributed by atoms with E-state index in [0.29, 0.717) is 12.3 Å². The summed E-state index contributed by atoms with van der Waals surface area (Å²) < 4.78 is 0. The minimum atomic E-state index is -0.806. The van der Waals surface area contributed by atoms with E-state index in [1.807, 2.05) is 0 Å². The fourth-order valence-corrected chi connectivity index (χ4v) is 0.505. The highest BCUT2D eigenvalue weighted by Gasteiger charge is 2.09. The van der Waals surface area contributed by atoms with Gasteiger partial charge in [-0.2, -0.15) is 12.6 Å². The molecule has 4 nitrogen and oxygen atoms in total. The minimum Gasteiger partial charge on any atom is -0.394 e. The Bertz CT molecular complexity index is 110. The number of nitrogens with two attached hydrogens (primary N) is 1. The Morgan fingerprint density at radius 1 is 1.80 bits per heavy atom. The molecule has 0 aliphatic carbocycles. The average molecular weight is 164 g/mol. The van der Waals surface area contributed by atoms with Crippen molar-refractivity contribution in [2.75, 3.05) is 18.9 Å². The zero-order valence-corrected chi connectivity index (χ0v) is 6.47. The molecule has 0 spiro atoms. The Kier molecular flexibility index (Phi) is 5.38. The zero-order valence-electron chi connectivity index (χ0n) is 5.58. The van der Waals surface area contributed by atoms with Gasteiger partial charge in [0.05, 0.1) is 6.61 Å². The Morgan fingerprint density at radius 3 is 2.80 bits per heavy atom. The quantitative estimate of drug-likeness (QED) is 0.376. The van der Waals surface area contributed by atoms with Crippen LogP contribution in [0.2, 0.25) is 0 Å². The highest BCUT2D eigenvalue weighted by atomic mass is 32.1. The van der Waals surface area contributed by atoms with Crippen LogP contribution in [0, 0.1) is 0 Å². The summed E-state index contributed by atoms with van der Waals surface area (Å²) >= 11 is 3.87. The standard InChI is InChI=1S/C5H12N2O2S/c6-4(3-8)5(9)7-1-2-10/h4,8,10H,1-3,6H2,(H,7,9). The van der Waals surface area contributed by atoms with Crippen molar-refractivity contribution < 1.29 is 9.90 Å². The van der Waals surface area contributed by atoms with Crippen molar-refractivity contribution in [1.29, 1.82) is 0 Å². The van der Waals surface area contributed by atoms with Crippen LogP contribution in [-0.2, 0) is 4.79 Å². The van der Waals surface area contributed by atoms with Gasteiger partial charge in [-0.25, -0.2) is 0 Å². The van der Waals surface area contributed by atoms with E-state index < -0.39 is 6.04 Å². The van der Waals surface area contributed by atoms with Crippen molar-refractivity contribution >= 4 is 18.5 Å². The van der Waals surface area contributed by atoms with Crippen LogP contribution in [0.4, 0.5) is 0 Å². The second kappa shape index (κ2) is 5.52. The summed E-state index contributed by atoms with van der Waals surface area (Å²) in [5.41, 5.74) is 5.17. The predicted octanol–water partition coefficient (Wildman–Crippen LogP) is -1.65. The van der Waals surface area contributed by atoms with Crippen LogP contribution in [0.1, 0.15) is 0 Å². The van der Waals surface area contributed by atoms with Gasteiger partial charge in [0.1, 0.15) is 6.04 Å². The maximum atomic E-state index is 10.7. The lowest BCUT2D eigenvalue weighted by molar-refractivity contribution is -0.123. The Hall–Kier alpha value is -0.260. The molecule has 0 radical (unpaired) electrons. The summed E-state index contributed by atoms with van der Waals surface area (Å²) in [5.74, 6) is 0.237. The van der Waals surface area contributed by atoms with E-state index in [-0.39, 0.29) is 12.5 Å². The molecule has 0 aliphatic rings. The fourth-order valence-electron chi connectivity index (χ4n) is 0.393. The summed E-state index contributed by atoms with van der Waals surface area (Å²) in [6, 6.07) is -0.806. The first-order valence-electron chi connectivity index (χ1n) is 2.97. The number of aliphatic hydroxyl groups is 1. The molecule has 0 aromatic heterocycles. The summed E-state index contributed by atoms with van der Waals surface area (Å²) in [6.45, 7) is 0.161. The molecule has 0 heterocycles. The van der Waals surface area contributed by atoms with E-state index in [4.69, 9.17) is 10.8 Å². The highest BCUT2D eigenvalue weighted by Crippen LogP contribution is 1.76. The number of hydrogen-bond acceptors (Lipinski definition) is 4. The molecule has 0 aliphatic heterocycles. The van der Waals surface area contributed by atoms with Crippen LogP contribution in [0.25, 0.3) is 0 Å². The summed E-state index contributed by atoms with van der Waals surface area (Å²) in [5, 5.41) is 10.9. The minimum absolute atomic E-state index is 0.321. The van der Waals surface area contributed by atoms with Crippen LogP contribution in [0.15, 0.2) is 0 Å². The van der Waals surface area contributed by atoms with Crippen LogP contribution in [-0.4, -0.2) is 36.0 Å². The maximum Gasteiger partial charge on any atom is 0.239 e. The lowest BCUT2D eigenvalue weighted by atomic mass is 10.3. The van der Waals surface area contributed by atoms with E-state index in [1.165, 1.54) is 0 Å². The van der Waals surface area contributed by atoms with E-state index in [2.05, 4.69) is 17.9 Å². The first-order valence-corrected chi connectivity index (χ1v) is 3.60. The van der Waals surface area contributed by atoms with E-state index in [9.17, 15) is 4.79 Å². The van der Waals surface area contributed by atoms with Crippen LogP contribution < -0.4 is 11.1 Å². The van der Waals surface area contributed by atoms with Crippen molar-refractivity contribution in [3.63, 3.8) is 0 Å². The molecule has 0 saturated carbocycles.